The summed E-state index contributed by atoms with van der Waals surface area (Å²) in [5.41, 5.74) is 5.46. The Morgan fingerprint density at radius 3 is 2.67 bits per heavy atom. The zero-order chi connectivity index (χ0) is 9.19. The first-order valence-electron chi connectivity index (χ1n) is 3.13. The summed E-state index contributed by atoms with van der Waals surface area (Å²) in [5, 5.41) is -1.41. The van der Waals surface area contributed by atoms with Crippen molar-refractivity contribution >= 4 is 10.1 Å². The standard InChI is InChI=1S/C6H8N2O3S/c7-6(12(9,10)11)5-2-1-3-8-4-5/h1-4,6H,7H2,(H,9,10,11). The first kappa shape index (κ1) is 9.11. The van der Waals surface area contributed by atoms with E-state index in [1.165, 1.54) is 18.5 Å². The summed E-state index contributed by atoms with van der Waals surface area (Å²) >= 11 is 0. The highest BCUT2D eigenvalue weighted by molar-refractivity contribution is 7.86. The Labute approximate surface area is 70.0 Å². The van der Waals surface area contributed by atoms with E-state index in [1.807, 2.05) is 0 Å². The van der Waals surface area contributed by atoms with Gasteiger partial charge in [-0.25, -0.2) is 0 Å². The van der Waals surface area contributed by atoms with Gasteiger partial charge in [0.05, 0.1) is 0 Å². The van der Waals surface area contributed by atoms with Gasteiger partial charge in [0, 0.05) is 18.0 Å². The number of nitrogens with two attached hydrogens (primary N) is 1. The normalized spacial score (nSPS) is 14.2. The Morgan fingerprint density at radius 1 is 1.58 bits per heavy atom. The maximum Gasteiger partial charge on any atom is 0.285 e. The van der Waals surface area contributed by atoms with Crippen LogP contribution in [0, 0.1) is 0 Å². The first-order valence-corrected chi connectivity index (χ1v) is 4.64. The predicted octanol–water partition coefficient (Wildman–Crippen LogP) is -0.0733. The number of aromatic nitrogens is 1. The van der Waals surface area contributed by atoms with E-state index in [2.05, 4.69) is 4.98 Å². The van der Waals surface area contributed by atoms with E-state index in [9.17, 15) is 8.42 Å². The molecule has 0 saturated heterocycles. The molecular weight excluding hydrogens is 180 g/mol. The second-order valence-electron chi connectivity index (χ2n) is 2.22. The topological polar surface area (TPSA) is 93.3 Å². The van der Waals surface area contributed by atoms with E-state index in [0.717, 1.165) is 0 Å². The van der Waals surface area contributed by atoms with Crippen molar-refractivity contribution in [1.82, 2.24) is 4.98 Å². The average Bonchev–Trinajstić information content (AvgIpc) is 2.03. The van der Waals surface area contributed by atoms with Gasteiger partial charge in [0.25, 0.3) is 10.1 Å². The molecule has 0 saturated carbocycles. The zero-order valence-corrected chi connectivity index (χ0v) is 6.90. The van der Waals surface area contributed by atoms with Crippen LogP contribution in [0.15, 0.2) is 24.5 Å². The maximum atomic E-state index is 10.5. The summed E-state index contributed by atoms with van der Waals surface area (Å²) in [7, 11) is -4.22. The molecule has 0 bridgehead atoms. The molecule has 1 atom stereocenters. The van der Waals surface area contributed by atoms with Crippen LogP contribution in [0.1, 0.15) is 10.9 Å². The molecule has 5 nitrogen and oxygen atoms in total. The van der Waals surface area contributed by atoms with Crippen LogP contribution in [-0.4, -0.2) is 18.0 Å². The fourth-order valence-electron chi connectivity index (χ4n) is 0.716. The molecule has 1 heterocycles. The van der Waals surface area contributed by atoms with Crippen LogP contribution in [0.3, 0.4) is 0 Å². The van der Waals surface area contributed by atoms with Gasteiger partial charge in [0.2, 0.25) is 0 Å². The lowest BCUT2D eigenvalue weighted by Crippen LogP contribution is -2.20. The molecule has 1 unspecified atom stereocenters. The van der Waals surface area contributed by atoms with Gasteiger partial charge in [-0.15, -0.1) is 0 Å². The molecule has 0 radical (unpaired) electrons. The second-order valence-corrected chi connectivity index (χ2v) is 3.76. The third kappa shape index (κ3) is 2.00. The molecule has 1 aromatic heterocycles. The van der Waals surface area contributed by atoms with Crippen LogP contribution in [0.5, 0.6) is 0 Å². The number of nitrogens with zero attached hydrogens (tertiary/aromatic N) is 1. The minimum atomic E-state index is -4.22. The predicted molar refractivity (Wildman–Crippen MR) is 42.7 cm³/mol. The molecule has 1 aromatic rings. The summed E-state index contributed by atoms with van der Waals surface area (Å²) in [6.07, 6.45) is 2.78. The average molecular weight is 188 g/mol. The van der Waals surface area contributed by atoms with E-state index in [4.69, 9.17) is 10.3 Å². The van der Waals surface area contributed by atoms with Gasteiger partial charge in [-0.05, 0) is 6.07 Å². The molecule has 0 spiro atoms. The molecule has 1 rings (SSSR count). The summed E-state index contributed by atoms with van der Waals surface area (Å²) < 4.78 is 29.6. The molecule has 0 aliphatic rings. The Morgan fingerprint density at radius 2 is 2.25 bits per heavy atom. The Bertz CT molecular complexity index is 348. The van der Waals surface area contributed by atoms with Crippen LogP contribution >= 0.6 is 0 Å². The number of hydrogen-bond donors (Lipinski definition) is 2. The molecule has 6 heteroatoms. The minimum Gasteiger partial charge on any atom is -0.309 e. The Balaban J connectivity index is 3.02. The lowest BCUT2D eigenvalue weighted by atomic mass is 10.3. The lowest BCUT2D eigenvalue weighted by Gasteiger charge is -2.06. The van der Waals surface area contributed by atoms with Gasteiger partial charge < -0.3 is 5.73 Å². The maximum absolute atomic E-state index is 10.5. The van der Waals surface area contributed by atoms with E-state index in [-0.39, 0.29) is 5.56 Å². The summed E-state index contributed by atoms with van der Waals surface area (Å²) in [5.74, 6) is 0. The van der Waals surface area contributed by atoms with Gasteiger partial charge in [0.1, 0.15) is 0 Å². The molecule has 3 N–H and O–H groups in total. The van der Waals surface area contributed by atoms with Crippen LogP contribution in [-0.2, 0) is 10.1 Å². The van der Waals surface area contributed by atoms with E-state index >= 15 is 0 Å². The molecule has 0 aromatic carbocycles. The fourth-order valence-corrected chi connectivity index (χ4v) is 1.20. The highest BCUT2D eigenvalue weighted by Crippen LogP contribution is 2.12. The first-order chi connectivity index (χ1) is 5.52. The van der Waals surface area contributed by atoms with Crippen molar-refractivity contribution in [2.24, 2.45) is 5.73 Å². The quantitative estimate of drug-likeness (QED) is 0.633. The van der Waals surface area contributed by atoms with Crippen molar-refractivity contribution < 1.29 is 13.0 Å². The third-order valence-corrected chi connectivity index (χ3v) is 2.25. The van der Waals surface area contributed by atoms with Crippen LogP contribution < -0.4 is 5.73 Å². The van der Waals surface area contributed by atoms with Crippen LogP contribution in [0.25, 0.3) is 0 Å². The molecule has 0 aliphatic carbocycles. The van der Waals surface area contributed by atoms with Crippen molar-refractivity contribution in [1.29, 1.82) is 0 Å². The second kappa shape index (κ2) is 3.18. The molecule has 0 amide bonds. The monoisotopic (exact) mass is 188 g/mol. The van der Waals surface area contributed by atoms with Crippen molar-refractivity contribution in [3.05, 3.63) is 30.1 Å². The number of pyridine rings is 1. The third-order valence-electron chi connectivity index (χ3n) is 1.33. The molecule has 0 fully saturated rings. The zero-order valence-electron chi connectivity index (χ0n) is 6.08. The molecule has 66 valence electrons. The number of hydrogen-bond acceptors (Lipinski definition) is 4. The van der Waals surface area contributed by atoms with Gasteiger partial charge in [-0.3, -0.25) is 9.54 Å². The van der Waals surface area contributed by atoms with E-state index < -0.39 is 15.5 Å². The highest BCUT2D eigenvalue weighted by Gasteiger charge is 2.19. The fraction of sp³-hybridized carbons (Fsp3) is 0.167. The minimum absolute atomic E-state index is 0.264. The molecule has 0 aliphatic heterocycles. The van der Waals surface area contributed by atoms with Gasteiger partial charge in [-0.2, -0.15) is 8.42 Å². The van der Waals surface area contributed by atoms with E-state index in [1.54, 1.807) is 6.07 Å². The van der Waals surface area contributed by atoms with Crippen molar-refractivity contribution in [3.63, 3.8) is 0 Å². The van der Waals surface area contributed by atoms with Crippen molar-refractivity contribution in [2.45, 2.75) is 5.37 Å². The van der Waals surface area contributed by atoms with Crippen molar-refractivity contribution in [3.8, 4) is 0 Å². The molecule has 12 heavy (non-hydrogen) atoms. The summed E-state index contributed by atoms with van der Waals surface area (Å²) in [6, 6.07) is 3.02. The highest BCUT2D eigenvalue weighted by atomic mass is 32.2. The van der Waals surface area contributed by atoms with Gasteiger partial charge in [-0.1, -0.05) is 6.07 Å². The molecular formula is C6H8N2O3S. The number of rotatable bonds is 2. The van der Waals surface area contributed by atoms with Gasteiger partial charge in [0.15, 0.2) is 5.37 Å². The smallest absolute Gasteiger partial charge is 0.285 e. The van der Waals surface area contributed by atoms with Crippen LogP contribution in [0.2, 0.25) is 0 Å². The SMILES string of the molecule is NC(c1cccnc1)S(=O)(=O)O. The van der Waals surface area contributed by atoms with Crippen molar-refractivity contribution in [2.75, 3.05) is 0 Å². The summed E-state index contributed by atoms with van der Waals surface area (Å²) in [6.45, 7) is 0. The summed E-state index contributed by atoms with van der Waals surface area (Å²) in [4.78, 5) is 3.66. The Kier molecular flexibility index (Phi) is 2.41. The Hall–Kier alpha value is -0.980. The van der Waals surface area contributed by atoms with E-state index in [0.29, 0.717) is 0 Å². The lowest BCUT2D eigenvalue weighted by molar-refractivity contribution is 0.470. The van der Waals surface area contributed by atoms with Crippen LogP contribution in [0.4, 0.5) is 0 Å². The van der Waals surface area contributed by atoms with Gasteiger partial charge >= 0.3 is 0 Å². The largest absolute Gasteiger partial charge is 0.309 e.